The molecule has 2 heteroatoms. The first kappa shape index (κ1) is 10.3. The number of rotatable bonds is 1. The first-order valence-electron chi connectivity index (χ1n) is 6.43. The van der Waals surface area contributed by atoms with Crippen LogP contribution >= 0.6 is 0 Å². The first-order chi connectivity index (χ1) is 7.93. The van der Waals surface area contributed by atoms with Gasteiger partial charge in [0.25, 0.3) is 0 Å². The molecule has 0 amide bonds. The van der Waals surface area contributed by atoms with Crippen LogP contribution in [-0.4, -0.2) is 37.1 Å². The summed E-state index contributed by atoms with van der Waals surface area (Å²) in [6.07, 6.45) is 2.66. The predicted octanol–water partition coefficient (Wildman–Crippen LogP) is 1.84. The van der Waals surface area contributed by atoms with E-state index in [1.54, 1.807) is 0 Å². The molecule has 2 fully saturated rings. The lowest BCUT2D eigenvalue weighted by Crippen LogP contribution is -2.54. The van der Waals surface area contributed by atoms with Crippen molar-refractivity contribution in [3.05, 3.63) is 35.9 Å². The lowest BCUT2D eigenvalue weighted by Gasteiger charge is -2.42. The van der Waals surface area contributed by atoms with Gasteiger partial charge in [0.05, 0.1) is 0 Å². The summed E-state index contributed by atoms with van der Waals surface area (Å²) in [5.41, 5.74) is 1.53. The summed E-state index contributed by atoms with van der Waals surface area (Å²) < 4.78 is 0. The van der Waals surface area contributed by atoms with Gasteiger partial charge >= 0.3 is 0 Å². The van der Waals surface area contributed by atoms with E-state index in [2.05, 4.69) is 40.5 Å². The molecule has 0 unspecified atom stereocenters. The van der Waals surface area contributed by atoms with E-state index in [1.807, 2.05) is 0 Å². The second kappa shape index (κ2) is 4.56. The SMILES string of the molecule is c1ccc([C@@H]2CCN3CCNC[C@@H]3C2)cc1. The van der Waals surface area contributed by atoms with Gasteiger partial charge in [-0.05, 0) is 30.9 Å². The Bertz CT molecular complexity index is 336. The summed E-state index contributed by atoms with van der Waals surface area (Å²) >= 11 is 0. The Balaban J connectivity index is 1.71. The fourth-order valence-electron chi connectivity index (χ4n) is 3.13. The van der Waals surface area contributed by atoms with Crippen LogP contribution in [0.5, 0.6) is 0 Å². The molecule has 2 saturated heterocycles. The van der Waals surface area contributed by atoms with Crippen molar-refractivity contribution < 1.29 is 0 Å². The standard InChI is InChI=1S/C14H20N2/c1-2-4-12(5-3-1)13-6-8-16-9-7-15-11-14(16)10-13/h1-5,13-15H,6-11H2/t13-,14+/m1/s1. The molecule has 0 radical (unpaired) electrons. The zero-order valence-corrected chi connectivity index (χ0v) is 9.73. The van der Waals surface area contributed by atoms with Gasteiger partial charge in [0.1, 0.15) is 0 Å². The van der Waals surface area contributed by atoms with Crippen molar-refractivity contribution in [1.82, 2.24) is 10.2 Å². The Labute approximate surface area is 97.6 Å². The van der Waals surface area contributed by atoms with E-state index >= 15 is 0 Å². The van der Waals surface area contributed by atoms with Gasteiger partial charge in [-0.2, -0.15) is 0 Å². The minimum absolute atomic E-state index is 0.771. The van der Waals surface area contributed by atoms with Crippen LogP contribution in [0.15, 0.2) is 30.3 Å². The summed E-state index contributed by atoms with van der Waals surface area (Å²) in [6.45, 7) is 4.88. The monoisotopic (exact) mass is 216 g/mol. The fourth-order valence-corrected chi connectivity index (χ4v) is 3.13. The number of piperidine rings is 1. The average Bonchev–Trinajstić information content (AvgIpc) is 2.39. The molecule has 2 aliphatic rings. The second-order valence-corrected chi connectivity index (χ2v) is 5.03. The average molecular weight is 216 g/mol. The van der Waals surface area contributed by atoms with Crippen molar-refractivity contribution >= 4 is 0 Å². The van der Waals surface area contributed by atoms with Crippen molar-refractivity contribution in [2.75, 3.05) is 26.2 Å². The maximum absolute atomic E-state index is 3.51. The van der Waals surface area contributed by atoms with Crippen LogP contribution in [0, 0.1) is 0 Å². The maximum atomic E-state index is 3.51. The highest BCUT2D eigenvalue weighted by molar-refractivity contribution is 5.20. The largest absolute Gasteiger partial charge is 0.314 e. The van der Waals surface area contributed by atoms with Crippen LogP contribution in [0.25, 0.3) is 0 Å². The van der Waals surface area contributed by atoms with Gasteiger partial charge in [0, 0.05) is 25.7 Å². The van der Waals surface area contributed by atoms with Crippen LogP contribution in [0.1, 0.15) is 24.3 Å². The summed E-state index contributed by atoms with van der Waals surface area (Å²) in [5, 5.41) is 3.51. The normalized spacial score (nSPS) is 31.0. The van der Waals surface area contributed by atoms with Crippen LogP contribution in [0.4, 0.5) is 0 Å². The molecule has 0 bridgehead atoms. The van der Waals surface area contributed by atoms with E-state index in [0.29, 0.717) is 0 Å². The number of nitrogens with one attached hydrogen (secondary N) is 1. The lowest BCUT2D eigenvalue weighted by molar-refractivity contribution is 0.109. The third-order valence-corrected chi connectivity index (χ3v) is 4.06. The van der Waals surface area contributed by atoms with Gasteiger partial charge < -0.3 is 5.32 Å². The topological polar surface area (TPSA) is 15.3 Å². The second-order valence-electron chi connectivity index (χ2n) is 5.03. The zero-order valence-electron chi connectivity index (χ0n) is 9.73. The number of nitrogens with zero attached hydrogens (tertiary/aromatic N) is 1. The summed E-state index contributed by atoms with van der Waals surface area (Å²) in [5.74, 6) is 0.780. The van der Waals surface area contributed by atoms with E-state index in [-0.39, 0.29) is 0 Å². The molecule has 0 saturated carbocycles. The number of hydrogen-bond acceptors (Lipinski definition) is 2. The first-order valence-corrected chi connectivity index (χ1v) is 6.43. The third kappa shape index (κ3) is 2.00. The molecular formula is C14H20N2. The number of benzene rings is 1. The van der Waals surface area contributed by atoms with Gasteiger partial charge in [-0.15, -0.1) is 0 Å². The number of piperazine rings is 1. The van der Waals surface area contributed by atoms with Gasteiger partial charge in [0.15, 0.2) is 0 Å². The van der Waals surface area contributed by atoms with Crippen molar-refractivity contribution in [2.24, 2.45) is 0 Å². The van der Waals surface area contributed by atoms with Crippen LogP contribution < -0.4 is 5.32 Å². The predicted molar refractivity (Wildman–Crippen MR) is 66.6 cm³/mol. The van der Waals surface area contributed by atoms with Crippen LogP contribution in [0.2, 0.25) is 0 Å². The van der Waals surface area contributed by atoms with Gasteiger partial charge in [-0.1, -0.05) is 30.3 Å². The van der Waals surface area contributed by atoms with E-state index in [1.165, 1.54) is 44.6 Å². The maximum Gasteiger partial charge on any atom is 0.0227 e. The summed E-state index contributed by atoms with van der Waals surface area (Å²) in [4.78, 5) is 2.66. The molecule has 1 aromatic carbocycles. The molecular weight excluding hydrogens is 196 g/mol. The quantitative estimate of drug-likeness (QED) is 0.770. The Morgan fingerprint density at radius 2 is 2.00 bits per heavy atom. The molecule has 0 aliphatic carbocycles. The number of fused-ring (bicyclic) bond motifs is 1. The van der Waals surface area contributed by atoms with Crippen LogP contribution in [-0.2, 0) is 0 Å². The van der Waals surface area contributed by atoms with Crippen molar-refractivity contribution in [2.45, 2.75) is 24.8 Å². The van der Waals surface area contributed by atoms with Crippen molar-refractivity contribution in [1.29, 1.82) is 0 Å². The zero-order chi connectivity index (χ0) is 10.8. The molecule has 2 aliphatic heterocycles. The molecule has 1 N–H and O–H groups in total. The van der Waals surface area contributed by atoms with Gasteiger partial charge in [0.2, 0.25) is 0 Å². The molecule has 1 aromatic rings. The third-order valence-electron chi connectivity index (χ3n) is 4.06. The van der Waals surface area contributed by atoms with Crippen molar-refractivity contribution in [3.63, 3.8) is 0 Å². The molecule has 2 atom stereocenters. The highest BCUT2D eigenvalue weighted by Gasteiger charge is 2.30. The van der Waals surface area contributed by atoms with E-state index in [4.69, 9.17) is 0 Å². The summed E-state index contributed by atoms with van der Waals surface area (Å²) in [7, 11) is 0. The van der Waals surface area contributed by atoms with E-state index in [9.17, 15) is 0 Å². The minimum Gasteiger partial charge on any atom is -0.314 e. The molecule has 0 spiro atoms. The van der Waals surface area contributed by atoms with E-state index < -0.39 is 0 Å². The van der Waals surface area contributed by atoms with Gasteiger partial charge in [-0.25, -0.2) is 0 Å². The smallest absolute Gasteiger partial charge is 0.0227 e. The number of hydrogen-bond donors (Lipinski definition) is 1. The van der Waals surface area contributed by atoms with E-state index in [0.717, 1.165) is 12.0 Å². The van der Waals surface area contributed by atoms with Crippen LogP contribution in [0.3, 0.4) is 0 Å². The Morgan fingerprint density at radius 3 is 2.88 bits per heavy atom. The highest BCUT2D eigenvalue weighted by Crippen LogP contribution is 2.31. The van der Waals surface area contributed by atoms with Gasteiger partial charge in [-0.3, -0.25) is 4.90 Å². The lowest BCUT2D eigenvalue weighted by atomic mass is 9.84. The summed E-state index contributed by atoms with van der Waals surface area (Å²) in [6, 6.07) is 11.8. The molecule has 86 valence electrons. The Morgan fingerprint density at radius 1 is 1.12 bits per heavy atom. The molecule has 0 aromatic heterocycles. The van der Waals surface area contributed by atoms with Crippen molar-refractivity contribution in [3.8, 4) is 0 Å². The molecule has 3 rings (SSSR count). The molecule has 16 heavy (non-hydrogen) atoms. The fraction of sp³-hybridized carbons (Fsp3) is 0.571. The minimum atomic E-state index is 0.771. The molecule has 2 nitrogen and oxygen atoms in total. The Hall–Kier alpha value is -0.860. The Kier molecular flexibility index (Phi) is 2.94. The molecule has 2 heterocycles. The highest BCUT2D eigenvalue weighted by atomic mass is 15.2.